The Morgan fingerprint density at radius 2 is 1.00 bits per heavy atom. The van der Waals surface area contributed by atoms with Crippen LogP contribution in [0.15, 0.2) is 174 Å². The van der Waals surface area contributed by atoms with Crippen LogP contribution in [-0.4, -0.2) is 19.5 Å². The molecule has 0 atom stereocenters. The quantitative estimate of drug-likeness (QED) is 0.181. The monoisotopic (exact) mass is 730 g/mol. The molecule has 5 nitrogen and oxygen atoms in total. The molecular weight excluding hydrogens is 697 g/mol. The second-order valence-electron chi connectivity index (χ2n) is 15.6. The van der Waals surface area contributed by atoms with Gasteiger partial charge in [-0.25, -0.2) is 15.0 Å². The summed E-state index contributed by atoms with van der Waals surface area (Å²) in [5.41, 5.74) is 12.9. The Hall–Kier alpha value is -7.37. The number of aromatic nitrogens is 4. The van der Waals surface area contributed by atoms with Gasteiger partial charge in [0.05, 0.1) is 11.0 Å². The normalized spacial score (nSPS) is 13.2. The molecule has 0 fully saturated rings. The first-order valence-electron chi connectivity index (χ1n) is 19.5. The molecule has 0 amide bonds. The number of rotatable bonds is 4. The Labute approximate surface area is 328 Å². The zero-order valence-corrected chi connectivity index (χ0v) is 31.4. The highest BCUT2D eigenvalue weighted by atomic mass is 16.3. The molecule has 0 saturated carbocycles. The van der Waals surface area contributed by atoms with E-state index in [1.54, 1.807) is 0 Å². The fraction of sp³-hybridized carbons (Fsp3) is 0.0577. The Morgan fingerprint density at radius 1 is 0.474 bits per heavy atom. The van der Waals surface area contributed by atoms with Crippen LogP contribution in [0.25, 0.3) is 105 Å². The topological polar surface area (TPSA) is 56.7 Å². The van der Waals surface area contributed by atoms with Crippen LogP contribution in [0.4, 0.5) is 0 Å². The first kappa shape index (κ1) is 31.9. The van der Waals surface area contributed by atoms with Crippen molar-refractivity contribution in [1.29, 1.82) is 0 Å². The van der Waals surface area contributed by atoms with E-state index in [1.807, 2.05) is 24.3 Å². The molecule has 8 aromatic carbocycles. The highest BCUT2D eigenvalue weighted by Crippen LogP contribution is 2.56. The lowest BCUT2D eigenvalue weighted by Gasteiger charge is -2.23. The third-order valence-corrected chi connectivity index (χ3v) is 12.0. The van der Waals surface area contributed by atoms with Gasteiger partial charge in [-0.15, -0.1) is 0 Å². The Kier molecular flexibility index (Phi) is 6.62. The molecule has 1 aliphatic carbocycles. The van der Waals surface area contributed by atoms with E-state index >= 15 is 0 Å². The van der Waals surface area contributed by atoms with Gasteiger partial charge in [-0.2, -0.15) is 0 Å². The lowest BCUT2D eigenvalue weighted by atomic mass is 9.79. The van der Waals surface area contributed by atoms with Crippen molar-refractivity contribution >= 4 is 54.5 Å². The molecule has 0 spiro atoms. The van der Waals surface area contributed by atoms with Crippen LogP contribution >= 0.6 is 0 Å². The second-order valence-corrected chi connectivity index (χ2v) is 15.6. The van der Waals surface area contributed by atoms with Crippen LogP contribution in [0.5, 0.6) is 0 Å². The number of furan rings is 1. The lowest BCUT2D eigenvalue weighted by Crippen LogP contribution is -2.15. The summed E-state index contributed by atoms with van der Waals surface area (Å²) in [6.45, 7) is 4.68. The largest absolute Gasteiger partial charge is 0.455 e. The molecule has 57 heavy (non-hydrogen) atoms. The van der Waals surface area contributed by atoms with Crippen LogP contribution in [0, 0.1) is 0 Å². The average molecular weight is 731 g/mol. The standard InChI is InChI=1S/C52H34N4O/c1-52(2)41-30-33(26-29-39(41)45-37-18-6-7-19-38(37)48-46(47(45)52)40-20-10-13-23-44(40)57-48)51-54-49(31-14-4-3-5-15-31)53-50(55-51)32-24-27-34(28-25-32)56-42-21-11-8-16-35(42)36-17-9-12-22-43(36)56/h3-30H,1-2H3. The molecule has 0 bridgehead atoms. The van der Waals surface area contributed by atoms with Gasteiger partial charge in [0, 0.05) is 54.7 Å². The highest BCUT2D eigenvalue weighted by Gasteiger charge is 2.40. The fourth-order valence-electron chi connectivity index (χ4n) is 9.41. The third-order valence-electron chi connectivity index (χ3n) is 12.0. The summed E-state index contributed by atoms with van der Waals surface area (Å²) >= 11 is 0. The van der Waals surface area contributed by atoms with Gasteiger partial charge in [0.2, 0.25) is 0 Å². The summed E-state index contributed by atoms with van der Waals surface area (Å²) in [7, 11) is 0. The van der Waals surface area contributed by atoms with E-state index in [0.29, 0.717) is 17.5 Å². The zero-order valence-electron chi connectivity index (χ0n) is 31.4. The number of nitrogens with zero attached hydrogens (tertiary/aromatic N) is 4. The third kappa shape index (κ3) is 4.60. The van der Waals surface area contributed by atoms with Crippen molar-refractivity contribution in [2.75, 3.05) is 0 Å². The van der Waals surface area contributed by atoms with Crippen LogP contribution in [-0.2, 0) is 5.41 Å². The van der Waals surface area contributed by atoms with Crippen LogP contribution in [0.1, 0.15) is 25.0 Å². The molecule has 5 heteroatoms. The minimum Gasteiger partial charge on any atom is -0.455 e. The highest BCUT2D eigenvalue weighted by molar-refractivity contribution is 6.23. The molecule has 0 N–H and O–H groups in total. The van der Waals surface area contributed by atoms with Gasteiger partial charge in [-0.1, -0.05) is 135 Å². The molecule has 0 radical (unpaired) electrons. The molecule has 3 aromatic heterocycles. The summed E-state index contributed by atoms with van der Waals surface area (Å²) in [6.07, 6.45) is 0. The van der Waals surface area contributed by atoms with E-state index < -0.39 is 0 Å². The molecule has 0 aliphatic heterocycles. The van der Waals surface area contributed by atoms with Crippen molar-refractivity contribution in [3.8, 4) is 51.0 Å². The fourth-order valence-corrected chi connectivity index (χ4v) is 9.41. The van der Waals surface area contributed by atoms with Gasteiger partial charge >= 0.3 is 0 Å². The van der Waals surface area contributed by atoms with Crippen molar-refractivity contribution < 1.29 is 4.42 Å². The number of hydrogen-bond donors (Lipinski definition) is 0. The van der Waals surface area contributed by atoms with Crippen molar-refractivity contribution in [2.24, 2.45) is 0 Å². The minimum absolute atomic E-state index is 0.323. The summed E-state index contributed by atoms with van der Waals surface area (Å²) in [4.78, 5) is 15.4. The van der Waals surface area contributed by atoms with E-state index in [-0.39, 0.29) is 5.41 Å². The summed E-state index contributed by atoms with van der Waals surface area (Å²) < 4.78 is 8.95. The maximum absolute atomic E-state index is 6.62. The number of benzene rings is 8. The molecule has 3 heterocycles. The average Bonchev–Trinajstić information content (AvgIpc) is 3.89. The predicted octanol–water partition coefficient (Wildman–Crippen LogP) is 13.3. The Bertz CT molecular complexity index is 3380. The van der Waals surface area contributed by atoms with E-state index in [0.717, 1.165) is 44.3 Å². The first-order chi connectivity index (χ1) is 28.0. The molecule has 12 rings (SSSR count). The molecule has 11 aromatic rings. The Balaban J connectivity index is 1.02. The van der Waals surface area contributed by atoms with Gasteiger partial charge < -0.3 is 8.98 Å². The summed E-state index contributed by atoms with van der Waals surface area (Å²) in [6, 6.07) is 59.8. The summed E-state index contributed by atoms with van der Waals surface area (Å²) in [5.74, 6) is 1.92. The van der Waals surface area contributed by atoms with Gasteiger partial charge in [-0.3, -0.25) is 0 Å². The van der Waals surface area contributed by atoms with E-state index in [1.165, 1.54) is 54.8 Å². The lowest BCUT2D eigenvalue weighted by molar-refractivity contribution is 0.659. The van der Waals surface area contributed by atoms with Gasteiger partial charge in [0.25, 0.3) is 0 Å². The van der Waals surface area contributed by atoms with Gasteiger partial charge in [0.15, 0.2) is 17.5 Å². The smallest absolute Gasteiger partial charge is 0.164 e. The predicted molar refractivity (Wildman–Crippen MR) is 233 cm³/mol. The second kappa shape index (κ2) is 11.8. The Morgan fingerprint density at radius 3 is 1.68 bits per heavy atom. The van der Waals surface area contributed by atoms with Crippen LogP contribution in [0.3, 0.4) is 0 Å². The summed E-state index contributed by atoms with van der Waals surface area (Å²) in [5, 5.41) is 7.16. The molecule has 0 saturated heterocycles. The SMILES string of the molecule is CC1(C)c2cc(-c3nc(-c4ccccc4)nc(-c4ccc(-n5c6ccccc6c6ccccc65)cc4)n3)ccc2-c2c1c1c3ccccc3oc1c1ccccc21. The number of fused-ring (bicyclic) bond motifs is 13. The van der Waals surface area contributed by atoms with E-state index in [4.69, 9.17) is 19.4 Å². The van der Waals surface area contributed by atoms with Crippen LogP contribution < -0.4 is 0 Å². The molecule has 1 aliphatic rings. The first-order valence-corrected chi connectivity index (χ1v) is 19.5. The van der Waals surface area contributed by atoms with Crippen molar-refractivity contribution in [3.63, 3.8) is 0 Å². The zero-order chi connectivity index (χ0) is 37.8. The molecule has 268 valence electrons. The maximum Gasteiger partial charge on any atom is 0.164 e. The van der Waals surface area contributed by atoms with E-state index in [2.05, 4.69) is 164 Å². The van der Waals surface area contributed by atoms with Crippen LogP contribution in [0.2, 0.25) is 0 Å². The van der Waals surface area contributed by atoms with Crippen molar-refractivity contribution in [2.45, 2.75) is 19.3 Å². The maximum atomic E-state index is 6.62. The van der Waals surface area contributed by atoms with Crippen molar-refractivity contribution in [1.82, 2.24) is 19.5 Å². The van der Waals surface area contributed by atoms with E-state index in [9.17, 15) is 0 Å². The molecular formula is C52H34N4O. The molecule has 0 unspecified atom stereocenters. The minimum atomic E-state index is -0.323. The number of hydrogen-bond acceptors (Lipinski definition) is 4. The number of para-hydroxylation sites is 3. The van der Waals surface area contributed by atoms with Crippen molar-refractivity contribution in [3.05, 3.63) is 181 Å². The van der Waals surface area contributed by atoms with Gasteiger partial charge in [-0.05, 0) is 76.2 Å². The van der Waals surface area contributed by atoms with Gasteiger partial charge in [0.1, 0.15) is 11.2 Å².